The second-order valence-electron chi connectivity index (χ2n) is 4.40. The molecule has 1 fully saturated rings. The summed E-state index contributed by atoms with van der Waals surface area (Å²) in [5.41, 5.74) is 1.38. The number of ether oxygens (including phenoxy) is 1. The van der Waals surface area contributed by atoms with Crippen molar-refractivity contribution in [3.8, 4) is 5.75 Å². The normalized spacial score (nSPS) is 23.1. The largest absolute Gasteiger partial charge is 0.496 e. The number of amides is 1. The lowest BCUT2D eigenvalue weighted by Crippen LogP contribution is -2.25. The quantitative estimate of drug-likeness (QED) is 0.832. The van der Waals surface area contributed by atoms with Crippen molar-refractivity contribution in [2.24, 2.45) is 0 Å². The number of Topliss-reactive ketones (excluding diaryl/α,β-unsaturated/α-hetero) is 1. The van der Waals surface area contributed by atoms with Crippen molar-refractivity contribution in [3.05, 3.63) is 28.3 Å². The second kappa shape index (κ2) is 4.61. The van der Waals surface area contributed by atoms with E-state index in [2.05, 4.69) is 5.32 Å². The Morgan fingerprint density at radius 3 is 2.50 bits per heavy atom. The van der Waals surface area contributed by atoms with Crippen molar-refractivity contribution in [3.63, 3.8) is 0 Å². The fourth-order valence-corrected chi connectivity index (χ4v) is 2.55. The monoisotopic (exact) mass is 267 g/mol. The van der Waals surface area contributed by atoms with Gasteiger partial charge in [-0.15, -0.1) is 0 Å². The molecule has 1 aromatic rings. The predicted molar refractivity (Wildman–Crippen MR) is 68.1 cm³/mol. The average molecular weight is 268 g/mol. The summed E-state index contributed by atoms with van der Waals surface area (Å²) in [6.07, 6.45) is 0. The first kappa shape index (κ1) is 12.9. The van der Waals surface area contributed by atoms with Crippen LogP contribution in [0.1, 0.15) is 24.0 Å². The van der Waals surface area contributed by atoms with Crippen LogP contribution in [0.4, 0.5) is 0 Å². The third kappa shape index (κ3) is 1.97. The van der Waals surface area contributed by atoms with E-state index >= 15 is 0 Å². The van der Waals surface area contributed by atoms with Gasteiger partial charge in [-0.3, -0.25) is 9.59 Å². The fraction of sp³-hybridized carbons (Fsp3) is 0.385. The Balaban J connectivity index is 2.57. The Morgan fingerprint density at radius 1 is 1.33 bits per heavy atom. The number of rotatable bonds is 2. The van der Waals surface area contributed by atoms with Crippen LogP contribution in [0.3, 0.4) is 0 Å². The number of nitrogens with one attached hydrogen (secondary N) is 1. The van der Waals surface area contributed by atoms with Crippen molar-refractivity contribution >= 4 is 23.3 Å². The molecule has 4 nitrogen and oxygen atoms in total. The van der Waals surface area contributed by atoms with Gasteiger partial charge in [-0.25, -0.2) is 0 Å². The molecule has 0 aromatic heterocycles. The van der Waals surface area contributed by atoms with Crippen LogP contribution in [-0.4, -0.2) is 24.8 Å². The number of carbonyl (C=O) groups excluding carboxylic acids is 2. The molecule has 1 saturated heterocycles. The van der Waals surface area contributed by atoms with Crippen molar-refractivity contribution in [2.45, 2.75) is 25.8 Å². The lowest BCUT2D eigenvalue weighted by atomic mass is 9.90. The van der Waals surface area contributed by atoms with E-state index in [1.165, 1.54) is 7.11 Å². The Labute approximate surface area is 110 Å². The fourth-order valence-electron chi connectivity index (χ4n) is 2.28. The molecular weight excluding hydrogens is 254 g/mol. The van der Waals surface area contributed by atoms with Crippen molar-refractivity contribution in [1.82, 2.24) is 5.32 Å². The zero-order valence-electron chi connectivity index (χ0n) is 10.4. The Bertz CT molecular complexity index is 527. The molecule has 1 amide bonds. The van der Waals surface area contributed by atoms with E-state index in [0.717, 1.165) is 5.56 Å². The van der Waals surface area contributed by atoms with Gasteiger partial charge in [-0.1, -0.05) is 11.6 Å². The molecule has 18 heavy (non-hydrogen) atoms. The van der Waals surface area contributed by atoms with Gasteiger partial charge in [-0.2, -0.15) is 0 Å². The SMILES string of the molecule is COc1cc(Cl)cc(C)c1C1C(=O)NC(C)C1=O. The topological polar surface area (TPSA) is 55.4 Å². The molecule has 1 N–H and O–H groups in total. The maximum Gasteiger partial charge on any atom is 0.235 e. The van der Waals surface area contributed by atoms with Crippen LogP contribution in [0.15, 0.2) is 12.1 Å². The van der Waals surface area contributed by atoms with Crippen LogP contribution in [0, 0.1) is 6.92 Å². The van der Waals surface area contributed by atoms with Crippen LogP contribution < -0.4 is 10.1 Å². The lowest BCUT2D eigenvalue weighted by molar-refractivity contribution is -0.124. The van der Waals surface area contributed by atoms with E-state index < -0.39 is 12.0 Å². The van der Waals surface area contributed by atoms with Gasteiger partial charge in [0.25, 0.3) is 0 Å². The molecule has 2 rings (SSSR count). The Morgan fingerprint density at radius 2 is 2.00 bits per heavy atom. The molecule has 0 saturated carbocycles. The van der Waals surface area contributed by atoms with Crippen LogP contribution >= 0.6 is 11.6 Å². The third-order valence-corrected chi connectivity index (χ3v) is 3.37. The van der Waals surface area contributed by atoms with Gasteiger partial charge in [0.05, 0.1) is 13.2 Å². The van der Waals surface area contributed by atoms with E-state index in [0.29, 0.717) is 16.3 Å². The highest BCUT2D eigenvalue weighted by atomic mass is 35.5. The van der Waals surface area contributed by atoms with Gasteiger partial charge in [0, 0.05) is 10.6 Å². The van der Waals surface area contributed by atoms with Crippen LogP contribution in [-0.2, 0) is 9.59 Å². The molecule has 0 radical (unpaired) electrons. The van der Waals surface area contributed by atoms with E-state index in [1.54, 1.807) is 19.1 Å². The molecule has 0 bridgehead atoms. The van der Waals surface area contributed by atoms with Gasteiger partial charge in [0.15, 0.2) is 5.78 Å². The second-order valence-corrected chi connectivity index (χ2v) is 4.84. The van der Waals surface area contributed by atoms with E-state index in [-0.39, 0.29) is 11.7 Å². The summed E-state index contributed by atoms with van der Waals surface area (Å²) in [6, 6.07) is 2.89. The number of hydrogen-bond acceptors (Lipinski definition) is 3. The standard InChI is InChI=1S/C13H14ClNO3/c1-6-4-8(14)5-9(18-3)10(6)11-12(16)7(2)15-13(11)17/h4-5,7,11H,1-3H3,(H,15,17). The minimum atomic E-state index is -0.799. The third-order valence-electron chi connectivity index (χ3n) is 3.15. The molecule has 1 heterocycles. The molecule has 0 spiro atoms. The van der Waals surface area contributed by atoms with Crippen molar-refractivity contribution < 1.29 is 14.3 Å². The highest BCUT2D eigenvalue weighted by Crippen LogP contribution is 2.36. The number of carbonyl (C=O) groups is 2. The highest BCUT2D eigenvalue weighted by Gasteiger charge is 2.41. The number of aryl methyl sites for hydroxylation is 1. The number of methoxy groups -OCH3 is 1. The maximum absolute atomic E-state index is 12.0. The number of benzene rings is 1. The molecule has 1 aliphatic heterocycles. The zero-order valence-corrected chi connectivity index (χ0v) is 11.2. The molecule has 96 valence electrons. The molecule has 0 aliphatic carbocycles. The first-order chi connectivity index (χ1) is 8.45. The Hall–Kier alpha value is -1.55. The molecule has 1 aliphatic rings. The highest BCUT2D eigenvalue weighted by molar-refractivity contribution is 6.31. The van der Waals surface area contributed by atoms with Crippen LogP contribution in [0.25, 0.3) is 0 Å². The summed E-state index contributed by atoms with van der Waals surface area (Å²) >= 11 is 5.94. The lowest BCUT2D eigenvalue weighted by Gasteiger charge is -2.15. The van der Waals surface area contributed by atoms with Crippen molar-refractivity contribution in [2.75, 3.05) is 7.11 Å². The van der Waals surface area contributed by atoms with Gasteiger partial charge in [0.2, 0.25) is 5.91 Å². The summed E-state index contributed by atoms with van der Waals surface area (Å²) in [6.45, 7) is 3.49. The predicted octanol–water partition coefficient (Wildman–Crippen LogP) is 1.83. The molecule has 1 aromatic carbocycles. The summed E-state index contributed by atoms with van der Waals surface area (Å²) in [7, 11) is 1.50. The smallest absolute Gasteiger partial charge is 0.235 e. The minimum Gasteiger partial charge on any atom is -0.496 e. The van der Waals surface area contributed by atoms with E-state index in [1.807, 2.05) is 6.92 Å². The maximum atomic E-state index is 12.0. The number of hydrogen-bond donors (Lipinski definition) is 1. The number of ketones is 1. The first-order valence-electron chi connectivity index (χ1n) is 5.64. The molecular formula is C13H14ClNO3. The Kier molecular flexibility index (Phi) is 3.30. The van der Waals surface area contributed by atoms with Crippen LogP contribution in [0.2, 0.25) is 5.02 Å². The summed E-state index contributed by atoms with van der Waals surface area (Å²) < 4.78 is 5.23. The van der Waals surface area contributed by atoms with E-state index in [9.17, 15) is 9.59 Å². The summed E-state index contributed by atoms with van der Waals surface area (Å²) in [4.78, 5) is 23.9. The molecule has 2 unspecified atom stereocenters. The molecule has 5 heteroatoms. The average Bonchev–Trinajstić information content (AvgIpc) is 2.54. The molecule has 2 atom stereocenters. The van der Waals surface area contributed by atoms with Crippen LogP contribution in [0.5, 0.6) is 5.75 Å². The van der Waals surface area contributed by atoms with Gasteiger partial charge >= 0.3 is 0 Å². The summed E-state index contributed by atoms with van der Waals surface area (Å²) in [5, 5.41) is 3.15. The van der Waals surface area contributed by atoms with Gasteiger partial charge < -0.3 is 10.1 Å². The minimum absolute atomic E-state index is 0.135. The number of halogens is 1. The van der Waals surface area contributed by atoms with Gasteiger partial charge in [0.1, 0.15) is 11.7 Å². The first-order valence-corrected chi connectivity index (χ1v) is 6.01. The van der Waals surface area contributed by atoms with Crippen molar-refractivity contribution in [1.29, 1.82) is 0 Å². The summed E-state index contributed by atoms with van der Waals surface area (Å²) in [5.74, 6) is -0.741. The van der Waals surface area contributed by atoms with E-state index in [4.69, 9.17) is 16.3 Å². The zero-order chi connectivity index (χ0) is 13.4. The van der Waals surface area contributed by atoms with Gasteiger partial charge in [-0.05, 0) is 31.5 Å².